The molecule has 26 heavy (non-hydrogen) atoms. The van der Waals surface area contributed by atoms with Crippen molar-refractivity contribution in [3.63, 3.8) is 0 Å². The molecule has 0 aliphatic carbocycles. The third-order valence-electron chi connectivity index (χ3n) is 4.11. The quantitative estimate of drug-likeness (QED) is 0.825. The number of nitrogens with one attached hydrogen (secondary N) is 1. The highest BCUT2D eigenvalue weighted by molar-refractivity contribution is 5.92. The van der Waals surface area contributed by atoms with Crippen molar-refractivity contribution in [1.29, 1.82) is 0 Å². The number of aryl methyl sites for hydroxylation is 2. The minimum absolute atomic E-state index is 0.0888. The highest BCUT2D eigenvalue weighted by Gasteiger charge is 2.14. The lowest BCUT2D eigenvalue weighted by Crippen LogP contribution is -2.34. The number of rotatable bonds is 7. The van der Waals surface area contributed by atoms with Crippen LogP contribution in [0.4, 0.5) is 10.1 Å². The highest BCUT2D eigenvalue weighted by atomic mass is 19.1. The van der Waals surface area contributed by atoms with Gasteiger partial charge in [0.25, 0.3) is 0 Å². The van der Waals surface area contributed by atoms with Gasteiger partial charge in [0.05, 0.1) is 0 Å². The summed E-state index contributed by atoms with van der Waals surface area (Å²) >= 11 is 0. The largest absolute Gasteiger partial charge is 0.356 e. The van der Waals surface area contributed by atoms with E-state index in [1.807, 2.05) is 32.0 Å². The summed E-state index contributed by atoms with van der Waals surface area (Å²) in [6.07, 6.45) is 0.871. The Morgan fingerprint density at radius 3 is 2.23 bits per heavy atom. The predicted octanol–water partition coefficient (Wildman–Crippen LogP) is 3.54. The Labute approximate surface area is 154 Å². The lowest BCUT2D eigenvalue weighted by molar-refractivity contribution is -0.121. The number of benzene rings is 2. The zero-order valence-electron chi connectivity index (χ0n) is 15.5. The van der Waals surface area contributed by atoms with E-state index in [0.29, 0.717) is 19.5 Å². The van der Waals surface area contributed by atoms with Crippen LogP contribution in [0.5, 0.6) is 0 Å². The molecule has 2 rings (SSSR count). The van der Waals surface area contributed by atoms with Gasteiger partial charge in [-0.25, -0.2) is 4.39 Å². The number of anilines is 1. The summed E-state index contributed by atoms with van der Waals surface area (Å²) in [5, 5.41) is 2.84. The van der Waals surface area contributed by atoms with E-state index in [4.69, 9.17) is 0 Å². The maximum atomic E-state index is 12.9. The van der Waals surface area contributed by atoms with Crippen LogP contribution < -0.4 is 10.2 Å². The SMILES string of the molecule is CC(=O)N(CCC(=O)NCCc1ccc(F)cc1)c1cc(C)cc(C)c1. The van der Waals surface area contributed by atoms with E-state index < -0.39 is 0 Å². The van der Waals surface area contributed by atoms with Crippen LogP contribution in [0, 0.1) is 19.7 Å². The second kappa shape index (κ2) is 9.13. The lowest BCUT2D eigenvalue weighted by Gasteiger charge is -2.22. The fraction of sp³-hybridized carbons (Fsp3) is 0.333. The highest BCUT2D eigenvalue weighted by Crippen LogP contribution is 2.19. The number of amides is 2. The van der Waals surface area contributed by atoms with Crippen LogP contribution in [0.1, 0.15) is 30.0 Å². The molecule has 0 heterocycles. The van der Waals surface area contributed by atoms with E-state index in [0.717, 1.165) is 22.4 Å². The number of hydrogen-bond donors (Lipinski definition) is 1. The number of nitrogens with zero attached hydrogens (tertiary/aromatic N) is 1. The Hall–Kier alpha value is -2.69. The van der Waals surface area contributed by atoms with Crippen molar-refractivity contribution in [3.8, 4) is 0 Å². The minimum Gasteiger partial charge on any atom is -0.356 e. The standard InChI is InChI=1S/C21H25FN2O2/c1-15-12-16(2)14-20(13-15)24(17(3)25)11-9-21(26)23-10-8-18-4-6-19(22)7-5-18/h4-7,12-14H,8-11H2,1-3H3,(H,23,26). The van der Waals surface area contributed by atoms with Gasteiger partial charge in [0.1, 0.15) is 5.82 Å². The second-order valence-corrected chi connectivity index (χ2v) is 6.49. The van der Waals surface area contributed by atoms with Crippen molar-refractivity contribution in [1.82, 2.24) is 5.32 Å². The minimum atomic E-state index is -0.270. The van der Waals surface area contributed by atoms with Gasteiger partial charge in [0.15, 0.2) is 0 Å². The van der Waals surface area contributed by atoms with E-state index in [1.165, 1.54) is 19.1 Å². The topological polar surface area (TPSA) is 49.4 Å². The molecule has 2 aromatic carbocycles. The first-order valence-electron chi connectivity index (χ1n) is 8.72. The van der Waals surface area contributed by atoms with Crippen LogP contribution in [0.2, 0.25) is 0 Å². The molecule has 0 aromatic heterocycles. The fourth-order valence-electron chi connectivity index (χ4n) is 2.87. The van der Waals surface area contributed by atoms with E-state index in [1.54, 1.807) is 17.0 Å². The van der Waals surface area contributed by atoms with Gasteiger partial charge in [-0.1, -0.05) is 18.2 Å². The monoisotopic (exact) mass is 356 g/mol. The molecule has 0 atom stereocenters. The molecular weight excluding hydrogens is 331 g/mol. The van der Waals surface area contributed by atoms with E-state index in [2.05, 4.69) is 5.32 Å². The van der Waals surface area contributed by atoms with Gasteiger partial charge in [0, 0.05) is 32.1 Å². The molecule has 2 aromatic rings. The predicted molar refractivity (Wildman–Crippen MR) is 102 cm³/mol. The van der Waals surface area contributed by atoms with E-state index in [9.17, 15) is 14.0 Å². The Balaban J connectivity index is 1.85. The summed E-state index contributed by atoms with van der Waals surface area (Å²) in [4.78, 5) is 25.7. The molecule has 0 aliphatic heterocycles. The molecule has 0 saturated heterocycles. The average Bonchev–Trinajstić information content (AvgIpc) is 2.55. The average molecular weight is 356 g/mol. The van der Waals surface area contributed by atoms with Crippen LogP contribution in [0.3, 0.4) is 0 Å². The number of halogens is 1. The molecule has 0 unspecified atom stereocenters. The van der Waals surface area contributed by atoms with Crippen molar-refractivity contribution in [2.24, 2.45) is 0 Å². The first-order valence-corrected chi connectivity index (χ1v) is 8.72. The third-order valence-corrected chi connectivity index (χ3v) is 4.11. The summed E-state index contributed by atoms with van der Waals surface area (Å²) in [6, 6.07) is 12.2. The van der Waals surface area contributed by atoms with Crippen LogP contribution in [-0.2, 0) is 16.0 Å². The molecule has 0 radical (unpaired) electrons. The number of hydrogen-bond acceptors (Lipinski definition) is 2. The second-order valence-electron chi connectivity index (χ2n) is 6.49. The molecule has 5 heteroatoms. The van der Waals surface area contributed by atoms with E-state index >= 15 is 0 Å². The van der Waals surface area contributed by atoms with Crippen molar-refractivity contribution < 1.29 is 14.0 Å². The van der Waals surface area contributed by atoms with Crippen molar-refractivity contribution in [2.45, 2.75) is 33.6 Å². The van der Waals surface area contributed by atoms with Gasteiger partial charge in [-0.3, -0.25) is 9.59 Å². The fourth-order valence-corrected chi connectivity index (χ4v) is 2.87. The Kier molecular flexibility index (Phi) is 6.89. The van der Waals surface area contributed by atoms with Gasteiger partial charge in [-0.05, 0) is 61.2 Å². The first kappa shape index (κ1) is 19.6. The van der Waals surface area contributed by atoms with Crippen LogP contribution in [-0.4, -0.2) is 24.9 Å². The van der Waals surface area contributed by atoms with E-state index in [-0.39, 0.29) is 24.1 Å². The molecule has 1 N–H and O–H groups in total. The Morgan fingerprint density at radius 1 is 1.04 bits per heavy atom. The van der Waals surface area contributed by atoms with Crippen LogP contribution >= 0.6 is 0 Å². The molecule has 4 nitrogen and oxygen atoms in total. The van der Waals surface area contributed by atoms with Crippen molar-refractivity contribution in [2.75, 3.05) is 18.0 Å². The van der Waals surface area contributed by atoms with Crippen molar-refractivity contribution in [3.05, 3.63) is 65.0 Å². The van der Waals surface area contributed by atoms with Gasteiger partial charge in [-0.2, -0.15) is 0 Å². The molecule has 0 aliphatic rings. The Bertz CT molecular complexity index is 752. The number of carbonyl (C=O) groups excluding carboxylic acids is 2. The summed E-state index contributed by atoms with van der Waals surface area (Å²) in [6.45, 7) is 6.28. The molecule has 0 fully saturated rings. The third kappa shape index (κ3) is 5.99. The molecule has 0 saturated carbocycles. The lowest BCUT2D eigenvalue weighted by atomic mass is 10.1. The summed E-state index contributed by atoms with van der Waals surface area (Å²) < 4.78 is 12.9. The summed E-state index contributed by atoms with van der Waals surface area (Å²) in [5.41, 5.74) is 3.94. The Morgan fingerprint density at radius 2 is 1.65 bits per heavy atom. The molecule has 2 amide bonds. The zero-order valence-corrected chi connectivity index (χ0v) is 15.5. The summed E-state index contributed by atoms with van der Waals surface area (Å²) in [5.74, 6) is -0.467. The maximum absolute atomic E-state index is 12.9. The molecule has 138 valence electrons. The molecular formula is C21H25FN2O2. The van der Waals surface area contributed by atoms with Crippen LogP contribution in [0.15, 0.2) is 42.5 Å². The smallest absolute Gasteiger partial charge is 0.223 e. The van der Waals surface area contributed by atoms with Gasteiger partial charge >= 0.3 is 0 Å². The first-order chi connectivity index (χ1) is 12.3. The normalized spacial score (nSPS) is 10.5. The summed E-state index contributed by atoms with van der Waals surface area (Å²) in [7, 11) is 0. The molecule has 0 spiro atoms. The maximum Gasteiger partial charge on any atom is 0.223 e. The number of carbonyl (C=O) groups is 2. The van der Waals surface area contributed by atoms with Gasteiger partial charge in [0.2, 0.25) is 11.8 Å². The zero-order chi connectivity index (χ0) is 19.1. The molecule has 0 bridgehead atoms. The van der Waals surface area contributed by atoms with Crippen molar-refractivity contribution >= 4 is 17.5 Å². The van der Waals surface area contributed by atoms with Gasteiger partial charge in [-0.15, -0.1) is 0 Å². The van der Waals surface area contributed by atoms with Crippen LogP contribution in [0.25, 0.3) is 0 Å². The van der Waals surface area contributed by atoms with Gasteiger partial charge < -0.3 is 10.2 Å².